The van der Waals surface area contributed by atoms with Crippen molar-refractivity contribution in [2.24, 2.45) is 5.92 Å². The number of alkyl halides is 2. The van der Waals surface area contributed by atoms with Gasteiger partial charge in [-0.3, -0.25) is 0 Å². The van der Waals surface area contributed by atoms with Crippen molar-refractivity contribution < 1.29 is 17.9 Å². The molecule has 26 heavy (non-hydrogen) atoms. The van der Waals surface area contributed by atoms with Crippen molar-refractivity contribution in [3.8, 4) is 16.9 Å². The molecule has 0 saturated heterocycles. The molecule has 0 amide bonds. The number of allylic oxidation sites excluding steroid dienone is 1. The van der Waals surface area contributed by atoms with E-state index in [-0.39, 0.29) is 0 Å². The Labute approximate surface area is 156 Å². The first-order chi connectivity index (χ1) is 12.6. The fourth-order valence-corrected chi connectivity index (χ4v) is 3.77. The molecule has 2 aromatic rings. The summed E-state index contributed by atoms with van der Waals surface area (Å²) < 4.78 is 42.5. The second-order valence-electron chi connectivity index (χ2n) is 6.58. The Bertz CT molecular complexity index is 750. The number of hydrogen-bond donors (Lipinski definition) is 0. The molecule has 1 aliphatic rings. The van der Waals surface area contributed by atoms with E-state index in [1.54, 1.807) is 11.6 Å². The molecule has 0 N–H and O–H groups in total. The monoisotopic (exact) mass is 380 g/mol. The first-order valence-corrected chi connectivity index (χ1v) is 9.12. The normalized spacial score (nSPS) is 20.7. The first-order valence-electron chi connectivity index (χ1n) is 8.68. The third-order valence-corrected chi connectivity index (χ3v) is 5.13. The van der Waals surface area contributed by atoms with Gasteiger partial charge in [-0.1, -0.05) is 48.0 Å². The van der Waals surface area contributed by atoms with E-state index in [1.807, 2.05) is 12.1 Å². The summed E-state index contributed by atoms with van der Waals surface area (Å²) in [5.41, 5.74) is 4.36. The van der Waals surface area contributed by atoms with Crippen LogP contribution in [0.5, 0.6) is 5.75 Å². The van der Waals surface area contributed by atoms with Crippen molar-refractivity contribution in [2.75, 3.05) is 0 Å². The van der Waals surface area contributed by atoms with E-state index in [1.165, 1.54) is 17.7 Å². The second-order valence-corrected chi connectivity index (χ2v) is 6.83. The Hall–Kier alpha value is -1.94. The van der Waals surface area contributed by atoms with Crippen LogP contribution in [0.3, 0.4) is 0 Å². The molecule has 1 fully saturated rings. The summed E-state index contributed by atoms with van der Waals surface area (Å²) >= 11 is 5.66. The highest BCUT2D eigenvalue weighted by atomic mass is 35.5. The summed E-state index contributed by atoms with van der Waals surface area (Å²) in [4.78, 5) is 0. The van der Waals surface area contributed by atoms with Crippen LogP contribution in [0.4, 0.5) is 13.2 Å². The molecular formula is C21H20ClF3O. The molecule has 0 aliphatic heterocycles. The topological polar surface area (TPSA) is 9.23 Å². The van der Waals surface area contributed by atoms with Crippen LogP contribution in [0.1, 0.15) is 37.2 Å². The van der Waals surface area contributed by atoms with Gasteiger partial charge in [0.05, 0.1) is 0 Å². The molecule has 0 heterocycles. The molecule has 5 heteroatoms. The lowest BCUT2D eigenvalue weighted by atomic mass is 9.78. The van der Waals surface area contributed by atoms with Gasteiger partial charge >= 0.3 is 6.61 Å². The fraction of sp³-hybridized carbons (Fsp3) is 0.333. The van der Waals surface area contributed by atoms with Gasteiger partial charge in [0.15, 0.2) is 11.6 Å². The van der Waals surface area contributed by atoms with Gasteiger partial charge in [-0.05, 0) is 66.3 Å². The van der Waals surface area contributed by atoms with Crippen LogP contribution in [0, 0.1) is 11.7 Å². The average molecular weight is 381 g/mol. The molecule has 138 valence electrons. The van der Waals surface area contributed by atoms with Gasteiger partial charge in [0.1, 0.15) is 0 Å². The number of hydrogen-bond acceptors (Lipinski definition) is 1. The standard InChI is InChI=1S/C21H20ClF3O/c22-12-11-14-1-3-15(4-2-14)16-5-7-17(8-6-16)18-9-10-20(19(23)13-18)26-21(24)25/h5-15,21H,1-4H2. The number of rotatable bonds is 5. The zero-order valence-electron chi connectivity index (χ0n) is 14.2. The Morgan fingerprint density at radius 2 is 1.62 bits per heavy atom. The highest BCUT2D eigenvalue weighted by molar-refractivity contribution is 6.25. The fourth-order valence-electron chi connectivity index (χ4n) is 3.57. The molecule has 3 rings (SSSR count). The van der Waals surface area contributed by atoms with E-state index < -0.39 is 18.2 Å². The number of benzene rings is 2. The van der Waals surface area contributed by atoms with E-state index in [0.717, 1.165) is 31.2 Å². The van der Waals surface area contributed by atoms with Crippen LogP contribution in [-0.2, 0) is 0 Å². The molecular weight excluding hydrogens is 361 g/mol. The zero-order chi connectivity index (χ0) is 18.5. The van der Waals surface area contributed by atoms with Gasteiger partial charge in [0.25, 0.3) is 0 Å². The Morgan fingerprint density at radius 3 is 2.19 bits per heavy atom. The van der Waals surface area contributed by atoms with Crippen LogP contribution in [-0.4, -0.2) is 6.61 Å². The van der Waals surface area contributed by atoms with E-state index in [9.17, 15) is 13.2 Å². The molecule has 0 unspecified atom stereocenters. The molecule has 0 aromatic heterocycles. The summed E-state index contributed by atoms with van der Waals surface area (Å²) in [5, 5.41) is 0. The molecule has 0 radical (unpaired) electrons. The zero-order valence-corrected chi connectivity index (χ0v) is 14.9. The largest absolute Gasteiger partial charge is 0.432 e. The Kier molecular flexibility index (Phi) is 6.25. The smallest absolute Gasteiger partial charge is 0.387 e. The minimum atomic E-state index is -3.04. The lowest BCUT2D eigenvalue weighted by Gasteiger charge is -2.27. The summed E-state index contributed by atoms with van der Waals surface area (Å²) in [6, 6.07) is 12.1. The van der Waals surface area contributed by atoms with Gasteiger partial charge in [0.2, 0.25) is 0 Å². The summed E-state index contributed by atoms with van der Waals surface area (Å²) in [6.45, 7) is -3.04. The highest BCUT2D eigenvalue weighted by Crippen LogP contribution is 2.37. The van der Waals surface area contributed by atoms with Crippen LogP contribution < -0.4 is 4.74 Å². The van der Waals surface area contributed by atoms with E-state index in [4.69, 9.17) is 11.6 Å². The molecule has 1 saturated carbocycles. The lowest BCUT2D eigenvalue weighted by Crippen LogP contribution is -2.11. The number of ether oxygens (including phenoxy) is 1. The van der Waals surface area contributed by atoms with E-state index >= 15 is 0 Å². The first kappa shape index (κ1) is 18.8. The van der Waals surface area contributed by atoms with Gasteiger partial charge in [-0.15, -0.1) is 0 Å². The van der Waals surface area contributed by atoms with Crippen molar-refractivity contribution in [2.45, 2.75) is 38.2 Å². The van der Waals surface area contributed by atoms with Crippen molar-refractivity contribution in [3.63, 3.8) is 0 Å². The van der Waals surface area contributed by atoms with Crippen molar-refractivity contribution >= 4 is 11.6 Å². The Balaban J connectivity index is 1.69. The van der Waals surface area contributed by atoms with Crippen LogP contribution in [0.25, 0.3) is 11.1 Å². The average Bonchev–Trinajstić information content (AvgIpc) is 2.64. The molecule has 1 aliphatic carbocycles. The van der Waals surface area contributed by atoms with E-state index in [2.05, 4.69) is 22.9 Å². The van der Waals surface area contributed by atoms with Crippen molar-refractivity contribution in [3.05, 3.63) is 65.5 Å². The van der Waals surface area contributed by atoms with Crippen molar-refractivity contribution in [1.29, 1.82) is 0 Å². The van der Waals surface area contributed by atoms with Gasteiger partial charge in [-0.25, -0.2) is 4.39 Å². The maximum Gasteiger partial charge on any atom is 0.387 e. The van der Waals surface area contributed by atoms with Gasteiger partial charge in [0, 0.05) is 5.54 Å². The molecule has 0 bridgehead atoms. The Morgan fingerprint density at radius 1 is 0.962 bits per heavy atom. The lowest BCUT2D eigenvalue weighted by molar-refractivity contribution is -0.0521. The molecule has 2 aromatic carbocycles. The van der Waals surface area contributed by atoms with Crippen LogP contribution >= 0.6 is 11.6 Å². The third kappa shape index (κ3) is 4.61. The summed E-state index contributed by atoms with van der Waals surface area (Å²) in [6.07, 6.45) is 6.58. The van der Waals surface area contributed by atoms with Gasteiger partial charge in [-0.2, -0.15) is 8.78 Å². The minimum absolute atomic E-state index is 0.442. The number of halogens is 4. The minimum Gasteiger partial charge on any atom is -0.432 e. The summed E-state index contributed by atoms with van der Waals surface area (Å²) in [5.74, 6) is -0.136. The summed E-state index contributed by atoms with van der Waals surface area (Å²) in [7, 11) is 0. The third-order valence-electron chi connectivity index (χ3n) is 4.98. The predicted molar refractivity (Wildman–Crippen MR) is 98.2 cm³/mol. The maximum absolute atomic E-state index is 13.9. The molecule has 1 nitrogen and oxygen atoms in total. The quantitative estimate of drug-likeness (QED) is 0.536. The van der Waals surface area contributed by atoms with Crippen LogP contribution in [0.2, 0.25) is 0 Å². The second kappa shape index (κ2) is 8.63. The van der Waals surface area contributed by atoms with Crippen molar-refractivity contribution in [1.82, 2.24) is 0 Å². The molecule has 0 atom stereocenters. The molecule has 0 spiro atoms. The SMILES string of the molecule is Fc1cc(-c2ccc(C3CCC(C=CCl)CC3)cc2)ccc1OC(F)F. The van der Waals surface area contributed by atoms with E-state index in [0.29, 0.717) is 17.4 Å². The highest BCUT2D eigenvalue weighted by Gasteiger charge is 2.20. The predicted octanol–water partition coefficient (Wildman–Crippen LogP) is 7.12. The van der Waals surface area contributed by atoms with Gasteiger partial charge < -0.3 is 4.74 Å². The maximum atomic E-state index is 13.9. The van der Waals surface area contributed by atoms with Crippen LogP contribution in [0.15, 0.2) is 54.1 Å².